The Hall–Kier alpha value is -3.08. The van der Waals surface area contributed by atoms with Gasteiger partial charge in [-0.25, -0.2) is 9.07 Å². The number of nitrogens with one attached hydrogen (secondary N) is 1. The minimum Gasteiger partial charge on any atom is -0.382 e. The first-order valence-electron chi connectivity index (χ1n) is 8.64. The number of unbranched alkanes of at least 4 members (excludes halogenated alkanes) is 1. The van der Waals surface area contributed by atoms with E-state index in [0.29, 0.717) is 42.3 Å². The molecule has 1 aromatic heterocycles. The van der Waals surface area contributed by atoms with E-state index >= 15 is 0 Å². The number of nitrogens with two attached hydrogens (primary N) is 2. The number of hydrogen-bond acceptors (Lipinski definition) is 4. The van der Waals surface area contributed by atoms with Gasteiger partial charge in [0.15, 0.2) is 5.96 Å². The quantitative estimate of drug-likeness (QED) is 0.380. The van der Waals surface area contributed by atoms with E-state index in [1.165, 1.54) is 16.8 Å². The Balaban J connectivity index is 2.01. The van der Waals surface area contributed by atoms with Crippen LogP contribution in [0.3, 0.4) is 0 Å². The number of aromatic nitrogens is 2. The van der Waals surface area contributed by atoms with E-state index in [9.17, 15) is 9.65 Å². The van der Waals surface area contributed by atoms with Crippen molar-refractivity contribution in [3.63, 3.8) is 0 Å². The molecule has 0 spiro atoms. The number of anilines is 1. The third kappa shape index (κ3) is 4.96. The third-order valence-electron chi connectivity index (χ3n) is 3.87. The molecule has 1 heterocycles. The number of benzene rings is 1. The minimum absolute atomic E-state index is 0.248. The maximum Gasteiger partial charge on any atom is 0.188 e. The summed E-state index contributed by atoms with van der Waals surface area (Å²) in [7, 11) is 0. The van der Waals surface area contributed by atoms with Crippen LogP contribution in [0.4, 0.5) is 10.2 Å². The molecule has 0 aliphatic heterocycles. The largest absolute Gasteiger partial charge is 0.382 e. The first-order valence-corrected chi connectivity index (χ1v) is 8.64. The Bertz CT molecular complexity index is 787. The van der Waals surface area contributed by atoms with Crippen LogP contribution in [0.15, 0.2) is 29.3 Å². The van der Waals surface area contributed by atoms with Crippen molar-refractivity contribution in [1.29, 1.82) is 5.26 Å². The van der Waals surface area contributed by atoms with Crippen molar-refractivity contribution in [3.05, 3.63) is 41.3 Å². The van der Waals surface area contributed by atoms with Gasteiger partial charge in [-0.1, -0.05) is 13.3 Å². The van der Waals surface area contributed by atoms with Gasteiger partial charge in [0, 0.05) is 13.1 Å². The molecule has 26 heavy (non-hydrogen) atoms. The number of aliphatic imine (C=N–C) groups is 1. The Kier molecular flexibility index (Phi) is 6.97. The highest BCUT2D eigenvalue weighted by atomic mass is 19.1. The number of nitriles is 1. The van der Waals surface area contributed by atoms with Gasteiger partial charge in [-0.2, -0.15) is 10.4 Å². The highest BCUT2D eigenvalue weighted by Gasteiger charge is 2.16. The molecular formula is C18H24FN7. The van der Waals surface area contributed by atoms with Gasteiger partial charge in [0.05, 0.1) is 11.4 Å². The molecule has 8 heteroatoms. The second kappa shape index (κ2) is 9.42. The topological polar surface area (TPSA) is 118 Å². The van der Waals surface area contributed by atoms with Crippen LogP contribution in [-0.2, 0) is 6.42 Å². The molecule has 0 bridgehead atoms. The average Bonchev–Trinajstić information content (AvgIpc) is 2.95. The van der Waals surface area contributed by atoms with Crippen LogP contribution in [0.25, 0.3) is 5.69 Å². The van der Waals surface area contributed by atoms with E-state index < -0.39 is 0 Å². The first kappa shape index (κ1) is 19.2. The Morgan fingerprint density at radius 3 is 2.73 bits per heavy atom. The van der Waals surface area contributed by atoms with Crippen LogP contribution in [-0.4, -0.2) is 28.8 Å². The molecular weight excluding hydrogens is 333 g/mol. The standard InChI is InChI=1S/C18H24FN7/c1-2-3-10-23-18(22)24-11-4-5-16-15(12-20)17(21)26(25-16)14-8-6-13(19)7-9-14/h6-9H,2-5,10-11,21H2,1H3,(H3,22,23,24). The lowest BCUT2D eigenvalue weighted by atomic mass is 10.1. The van der Waals surface area contributed by atoms with Crippen molar-refractivity contribution in [2.45, 2.75) is 32.6 Å². The first-order chi connectivity index (χ1) is 12.6. The third-order valence-corrected chi connectivity index (χ3v) is 3.87. The lowest BCUT2D eigenvalue weighted by Gasteiger charge is -2.04. The molecule has 0 saturated heterocycles. The zero-order chi connectivity index (χ0) is 18.9. The molecule has 2 aromatic rings. The van der Waals surface area contributed by atoms with Gasteiger partial charge in [-0.3, -0.25) is 4.99 Å². The van der Waals surface area contributed by atoms with Gasteiger partial charge >= 0.3 is 0 Å². The predicted molar refractivity (Wildman–Crippen MR) is 100 cm³/mol. The second-order valence-electron chi connectivity index (χ2n) is 5.86. The summed E-state index contributed by atoms with van der Waals surface area (Å²) in [5.74, 6) is 0.330. The number of guanidine groups is 1. The Labute approximate surface area is 152 Å². The zero-order valence-electron chi connectivity index (χ0n) is 14.9. The number of hydrogen-bond donors (Lipinski definition) is 3. The smallest absolute Gasteiger partial charge is 0.188 e. The molecule has 7 nitrogen and oxygen atoms in total. The fraction of sp³-hybridized carbons (Fsp3) is 0.389. The van der Waals surface area contributed by atoms with Crippen LogP contribution in [0, 0.1) is 17.1 Å². The molecule has 0 saturated carbocycles. The number of nitrogen functional groups attached to an aromatic ring is 1. The Morgan fingerprint density at radius 1 is 1.35 bits per heavy atom. The van der Waals surface area contributed by atoms with Crippen molar-refractivity contribution in [1.82, 2.24) is 15.1 Å². The summed E-state index contributed by atoms with van der Waals surface area (Å²) in [5, 5.41) is 16.8. The average molecular weight is 357 g/mol. The van der Waals surface area contributed by atoms with Crippen LogP contribution < -0.4 is 16.8 Å². The molecule has 0 amide bonds. The van der Waals surface area contributed by atoms with Crippen molar-refractivity contribution < 1.29 is 4.39 Å². The molecule has 0 aliphatic carbocycles. The highest BCUT2D eigenvalue weighted by Crippen LogP contribution is 2.21. The van der Waals surface area contributed by atoms with Crippen molar-refractivity contribution in [3.8, 4) is 11.8 Å². The van der Waals surface area contributed by atoms with Crippen molar-refractivity contribution in [2.75, 3.05) is 18.8 Å². The SMILES string of the molecule is CCCCNC(N)=NCCCc1nn(-c2ccc(F)cc2)c(N)c1C#N. The highest BCUT2D eigenvalue weighted by molar-refractivity contribution is 5.77. The van der Waals surface area contributed by atoms with E-state index in [1.54, 1.807) is 12.1 Å². The predicted octanol–water partition coefficient (Wildman–Crippen LogP) is 2.10. The van der Waals surface area contributed by atoms with E-state index in [2.05, 4.69) is 28.4 Å². The molecule has 0 atom stereocenters. The molecule has 2 rings (SSSR count). The lowest BCUT2D eigenvalue weighted by molar-refractivity contribution is 0.627. The monoisotopic (exact) mass is 357 g/mol. The van der Waals surface area contributed by atoms with E-state index in [1.807, 2.05) is 0 Å². The lowest BCUT2D eigenvalue weighted by Crippen LogP contribution is -2.32. The Morgan fingerprint density at radius 2 is 2.08 bits per heavy atom. The summed E-state index contributed by atoms with van der Waals surface area (Å²) in [4.78, 5) is 4.26. The summed E-state index contributed by atoms with van der Waals surface area (Å²) in [5.41, 5.74) is 13.4. The summed E-state index contributed by atoms with van der Waals surface area (Å²) in [6.45, 7) is 3.45. The van der Waals surface area contributed by atoms with E-state index in [0.717, 1.165) is 19.4 Å². The maximum absolute atomic E-state index is 13.1. The van der Waals surface area contributed by atoms with Crippen LogP contribution >= 0.6 is 0 Å². The number of halogens is 1. The summed E-state index contributed by atoms with van der Waals surface area (Å²) in [6, 6.07) is 7.88. The van der Waals surface area contributed by atoms with Gasteiger partial charge in [-0.05, 0) is 43.5 Å². The van der Waals surface area contributed by atoms with Crippen LogP contribution in [0.1, 0.15) is 37.4 Å². The minimum atomic E-state index is -0.344. The second-order valence-corrected chi connectivity index (χ2v) is 5.86. The molecule has 0 radical (unpaired) electrons. The number of nitrogens with zero attached hydrogens (tertiary/aromatic N) is 4. The molecule has 5 N–H and O–H groups in total. The van der Waals surface area contributed by atoms with E-state index in [-0.39, 0.29) is 11.6 Å². The van der Waals surface area contributed by atoms with Gasteiger partial charge in [0.25, 0.3) is 0 Å². The van der Waals surface area contributed by atoms with Crippen LogP contribution in [0.5, 0.6) is 0 Å². The fourth-order valence-electron chi connectivity index (χ4n) is 2.45. The van der Waals surface area contributed by atoms with E-state index in [4.69, 9.17) is 11.5 Å². The summed E-state index contributed by atoms with van der Waals surface area (Å²) >= 11 is 0. The van der Waals surface area contributed by atoms with Crippen molar-refractivity contribution in [2.24, 2.45) is 10.7 Å². The molecule has 0 unspecified atom stereocenters. The maximum atomic E-state index is 13.1. The summed E-state index contributed by atoms with van der Waals surface area (Å²) in [6.07, 6.45) is 3.37. The number of aryl methyl sites for hydroxylation is 1. The number of rotatable bonds is 8. The molecule has 138 valence electrons. The zero-order valence-corrected chi connectivity index (χ0v) is 14.9. The molecule has 0 fully saturated rings. The normalized spacial score (nSPS) is 11.3. The molecule has 0 aliphatic rings. The van der Waals surface area contributed by atoms with Crippen LogP contribution in [0.2, 0.25) is 0 Å². The summed E-state index contributed by atoms with van der Waals surface area (Å²) < 4.78 is 14.5. The van der Waals surface area contributed by atoms with Crippen molar-refractivity contribution >= 4 is 11.8 Å². The van der Waals surface area contributed by atoms with Gasteiger partial charge in [-0.15, -0.1) is 0 Å². The van der Waals surface area contributed by atoms with Gasteiger partial charge < -0.3 is 16.8 Å². The molecule has 1 aromatic carbocycles. The van der Waals surface area contributed by atoms with Gasteiger partial charge in [0.2, 0.25) is 0 Å². The van der Waals surface area contributed by atoms with Gasteiger partial charge in [0.1, 0.15) is 23.3 Å². The fourth-order valence-corrected chi connectivity index (χ4v) is 2.45.